The zero-order chi connectivity index (χ0) is 79.9. The third-order valence-electron chi connectivity index (χ3n) is 24.8. The molecule has 4 nitrogen and oxygen atoms in total. The molecule has 0 bridgehead atoms. The van der Waals surface area contributed by atoms with Gasteiger partial charge in [0.05, 0.1) is 16.2 Å². The molecule has 0 fully saturated rings. The second-order valence-corrected chi connectivity index (χ2v) is 30.8. The average Bonchev–Trinajstić information content (AvgIpc) is 1.51. The summed E-state index contributed by atoms with van der Waals surface area (Å²) in [6.45, 7) is 15.0. The van der Waals surface area contributed by atoms with Crippen molar-refractivity contribution in [2.24, 2.45) is 0 Å². The molecule has 0 radical (unpaired) electrons. The van der Waals surface area contributed by atoms with E-state index < -0.39 is 45.3 Å². The smallest absolute Gasteiger partial charge is 0.194 e. The lowest BCUT2D eigenvalue weighted by molar-refractivity contribution is 0.435. The normalized spacial score (nSPS) is 15.9. The van der Waals surface area contributed by atoms with Gasteiger partial charge in [0.15, 0.2) is 17.5 Å². The molecule has 20 rings (SSSR count). The summed E-state index contributed by atoms with van der Waals surface area (Å²) in [5.41, 5.74) is 19.7. The van der Waals surface area contributed by atoms with Crippen molar-refractivity contribution in [2.45, 2.75) is 43.9 Å². The van der Waals surface area contributed by atoms with Gasteiger partial charge in [-0.3, -0.25) is 0 Å². The van der Waals surface area contributed by atoms with E-state index >= 15 is 26.3 Å². The number of hydrogen-bond donors (Lipinski definition) is 0. The Morgan fingerprint density at radius 2 is 0.538 bits per heavy atom. The molecule has 0 N–H and O–H groups in total. The van der Waals surface area contributed by atoms with Crippen LogP contribution in [0.5, 0.6) is 23.0 Å². The maximum absolute atomic E-state index is 18.2. The van der Waals surface area contributed by atoms with Crippen LogP contribution in [0.1, 0.15) is 100 Å². The number of ether oxygens (including phenoxy) is 2. The van der Waals surface area contributed by atoms with Crippen molar-refractivity contribution in [3.05, 3.63) is 476 Å². The Morgan fingerprint density at radius 1 is 0.248 bits per heavy atom. The molecule has 3 atom stereocenters. The molecule has 3 unspecified atom stereocenters. The summed E-state index contributed by atoms with van der Waals surface area (Å²) in [4.78, 5) is 4.12. The molecule has 0 saturated carbocycles. The quantitative estimate of drug-likeness (QED) is 0.0711. The van der Waals surface area contributed by atoms with E-state index in [0.717, 1.165) is 106 Å². The van der Waals surface area contributed by atoms with E-state index in [-0.39, 0.29) is 11.4 Å². The number of benzene rings is 16. The van der Waals surface area contributed by atoms with Gasteiger partial charge in [0.25, 0.3) is 0 Å². The van der Waals surface area contributed by atoms with Gasteiger partial charge in [0, 0.05) is 45.3 Å². The second-order valence-electron chi connectivity index (χ2n) is 30.8. The minimum absolute atomic E-state index is 0.116. The Balaban J connectivity index is 0.783. The minimum Gasteiger partial charge on any atom is -0.457 e. The van der Waals surface area contributed by atoms with E-state index in [1.807, 2.05) is 189 Å². The first-order valence-electron chi connectivity index (χ1n) is 39.0. The molecule has 0 saturated heterocycles. The monoisotopic (exact) mass is 1530 g/mol. The number of fused-ring (bicyclic) bond motifs is 16. The maximum Gasteiger partial charge on any atom is 0.194 e. The predicted octanol–water partition coefficient (Wildman–Crippen LogP) is 28.6. The van der Waals surface area contributed by atoms with Crippen LogP contribution >= 0.6 is 0 Å². The molecule has 1 spiro atoms. The Hall–Kier alpha value is -14.2. The third kappa shape index (κ3) is 10.8. The lowest BCUT2D eigenvalue weighted by Gasteiger charge is -2.36. The first-order chi connectivity index (χ1) is 57.0. The van der Waals surface area contributed by atoms with Crippen LogP contribution in [-0.4, -0.2) is 0 Å². The molecule has 0 aromatic heterocycles. The lowest BCUT2D eigenvalue weighted by atomic mass is 9.67. The largest absolute Gasteiger partial charge is 0.457 e. The molecule has 0 amide bonds. The van der Waals surface area contributed by atoms with E-state index in [0.29, 0.717) is 96.1 Å². The van der Waals surface area contributed by atoms with Gasteiger partial charge in [0.2, 0.25) is 0 Å². The van der Waals surface area contributed by atoms with Crippen LogP contribution in [0.2, 0.25) is 0 Å². The van der Waals surface area contributed by atoms with E-state index in [1.165, 1.54) is 12.1 Å². The Morgan fingerprint density at radius 3 is 0.897 bits per heavy atom. The van der Waals surface area contributed by atoms with Crippen molar-refractivity contribution < 1.29 is 35.8 Å². The number of rotatable bonds is 16. The summed E-state index contributed by atoms with van der Waals surface area (Å²) in [5, 5.41) is 0. The Bertz CT molecular complexity index is 6420. The lowest BCUT2D eigenvalue weighted by Crippen LogP contribution is -2.30. The number of hydrogen-bond acceptors (Lipinski definition) is 4. The molecule has 117 heavy (non-hydrogen) atoms. The minimum atomic E-state index is -1.62. The van der Waals surface area contributed by atoms with E-state index in [2.05, 4.69) is 127 Å². The fraction of sp³-hybridized carbons (Fsp3) is 0.0654. The fourth-order valence-electron chi connectivity index (χ4n) is 19.1. The van der Waals surface area contributed by atoms with Crippen molar-refractivity contribution in [1.82, 2.24) is 0 Å². The first kappa shape index (κ1) is 71.8. The van der Waals surface area contributed by atoms with Crippen LogP contribution in [0.15, 0.2) is 341 Å². The molecule has 0 aliphatic heterocycles. The Kier molecular flexibility index (Phi) is 16.9. The summed E-state index contributed by atoms with van der Waals surface area (Å²) in [7, 11) is 0. The van der Waals surface area contributed by atoms with Crippen LogP contribution < -0.4 is 19.3 Å². The van der Waals surface area contributed by atoms with E-state index in [4.69, 9.17) is 9.47 Å². The maximum atomic E-state index is 18.2. The first-order valence-corrected chi connectivity index (χ1v) is 39.0. The van der Waals surface area contributed by atoms with Crippen molar-refractivity contribution in [3.8, 4) is 67.5 Å². The fourth-order valence-corrected chi connectivity index (χ4v) is 19.1. The summed E-state index contributed by atoms with van der Waals surface area (Å²) < 4.78 is 114. The van der Waals surface area contributed by atoms with Gasteiger partial charge >= 0.3 is 0 Å². The zero-order valence-electron chi connectivity index (χ0n) is 64.2. The summed E-state index contributed by atoms with van der Waals surface area (Å²) in [6.07, 6.45) is 3.53. The standard InChI is InChI=1S/C107H72F6N2O2/c1-7-67-28-42-77(43-29-67)116-79-46-32-69(33-47-79)105(93-54-27-63(3)66(6)102(93)111)89-21-13-9-17-81(89)85-50-38-71(57-95(85)105)114(75-36-25-64(4)100(109)61-75)73-40-52-87-83-19-11-15-23-91(83)107(97(87)59-73)92-24-16-12-20-84(92)88-53-41-74(60-98(88)107)115(76-37-26-65(5)101(110)62-76)72-39-51-86-82-18-10-14-22-90(82)106(96(86)58-72,94-55-56-99(108)104(113)103(94)112)70-34-48-80(49-35-70)117-78-44-30-68(8-2)31-45-78/h7-62H,1-2H2,3-6H3. The SMILES string of the molecule is C=Cc1ccc(Oc2ccc(C3(c4ccc(C)c(C)c4F)c4ccccc4-c4ccc(N(c5ccc(C)c(F)c5)c5ccc6c(c5)C5(c7ccccc7-6)c6ccccc6-c6ccc(N(c7ccc(C)c(F)c7)c7ccc8c(c7)C(c7ccc(Oc9ccc(C=C)cc9)cc7)(c7ccc(F)c(F)c7F)c7ccccc7-8)cc65)cc43)cc2)cc1. The van der Waals surface area contributed by atoms with Crippen LogP contribution in [0.25, 0.3) is 56.7 Å². The van der Waals surface area contributed by atoms with Gasteiger partial charge in [-0.2, -0.15) is 0 Å². The number of aryl methyl sites for hydroxylation is 3. The Labute approximate surface area is 675 Å². The van der Waals surface area contributed by atoms with Crippen molar-refractivity contribution in [1.29, 1.82) is 0 Å². The van der Waals surface area contributed by atoms with Gasteiger partial charge < -0.3 is 19.3 Å². The molecular formula is C107H72F6N2O2. The molecule has 4 aliphatic rings. The third-order valence-corrected chi connectivity index (χ3v) is 24.8. The number of anilines is 6. The van der Waals surface area contributed by atoms with E-state index in [1.54, 1.807) is 56.3 Å². The molecule has 16 aromatic carbocycles. The molecule has 16 aromatic rings. The van der Waals surface area contributed by atoms with Gasteiger partial charge in [-0.1, -0.05) is 226 Å². The highest BCUT2D eigenvalue weighted by Gasteiger charge is 2.54. The van der Waals surface area contributed by atoms with Crippen LogP contribution in [-0.2, 0) is 16.2 Å². The average molecular weight is 1530 g/mol. The highest BCUT2D eigenvalue weighted by molar-refractivity contribution is 5.99. The molecule has 0 heterocycles. The van der Waals surface area contributed by atoms with E-state index in [9.17, 15) is 0 Å². The number of nitrogens with zero attached hydrogens (tertiary/aromatic N) is 2. The molecular weight excluding hydrogens is 1460 g/mol. The predicted molar refractivity (Wildman–Crippen MR) is 459 cm³/mol. The van der Waals surface area contributed by atoms with Gasteiger partial charge in [0.1, 0.15) is 40.4 Å². The molecule has 4 aliphatic carbocycles. The molecule has 564 valence electrons. The topological polar surface area (TPSA) is 24.9 Å². The van der Waals surface area contributed by atoms with Crippen molar-refractivity contribution in [3.63, 3.8) is 0 Å². The van der Waals surface area contributed by atoms with Crippen LogP contribution in [0.4, 0.5) is 60.5 Å². The van der Waals surface area contributed by atoms with Crippen molar-refractivity contribution in [2.75, 3.05) is 9.80 Å². The highest BCUT2D eigenvalue weighted by Crippen LogP contribution is 2.66. The highest BCUT2D eigenvalue weighted by atomic mass is 19.2. The molecule has 10 heteroatoms. The van der Waals surface area contributed by atoms with Crippen molar-refractivity contribution >= 4 is 46.3 Å². The summed E-state index contributed by atoms with van der Waals surface area (Å²) >= 11 is 0. The van der Waals surface area contributed by atoms with Gasteiger partial charge in [-0.25, -0.2) is 26.3 Å². The number of halogens is 6. The van der Waals surface area contributed by atoms with Crippen LogP contribution in [0.3, 0.4) is 0 Å². The van der Waals surface area contributed by atoms with Crippen LogP contribution in [0, 0.1) is 62.6 Å². The zero-order valence-corrected chi connectivity index (χ0v) is 64.2. The summed E-state index contributed by atoms with van der Waals surface area (Å²) in [5.74, 6) is -3.15. The second kappa shape index (κ2) is 27.5. The van der Waals surface area contributed by atoms with Gasteiger partial charge in [-0.15, -0.1) is 0 Å². The summed E-state index contributed by atoms with van der Waals surface area (Å²) in [6, 6.07) is 105. The van der Waals surface area contributed by atoms with Gasteiger partial charge in [-0.05, 0) is 289 Å².